The number of aromatic nitrogens is 1. The van der Waals surface area contributed by atoms with Crippen molar-refractivity contribution in [2.75, 3.05) is 13.7 Å². The van der Waals surface area contributed by atoms with Gasteiger partial charge in [-0.3, -0.25) is 19.4 Å². The summed E-state index contributed by atoms with van der Waals surface area (Å²) in [6.45, 7) is 9.42. The van der Waals surface area contributed by atoms with Crippen molar-refractivity contribution in [2.45, 2.75) is 96.9 Å². The predicted octanol–water partition coefficient (Wildman–Crippen LogP) is 6.25. The molecule has 246 valence electrons. The zero-order chi connectivity index (χ0) is 32.8. The number of Topliss-reactive ketones (excluding diaryl/α,β-unsaturated/α-hetero) is 1. The highest BCUT2D eigenvalue weighted by molar-refractivity contribution is 5.98. The van der Waals surface area contributed by atoms with E-state index in [2.05, 4.69) is 23.8 Å². The minimum Gasteiger partial charge on any atom is -0.463 e. The standard InChI is InChI=1S/C36H51N3O6/c1-7-28-34(29-21-22-30(39(29)6)36(37-5)38-8-2)44-31(24-43-33(42)23-27-18-14-12-15-19-27)35(28)45-32(41)20-16-11-9-10-13-17-25(3)26(4)40/h8,12,14-15,18-19,21-22,25,28,31,34-35H,2,7,9-11,13,16-17,20,23-24H2,1,3-6H3,(H,37,38). The average molecular weight is 622 g/mol. The molecule has 3 rings (SSSR count). The summed E-state index contributed by atoms with van der Waals surface area (Å²) in [7, 11) is 3.66. The van der Waals surface area contributed by atoms with Gasteiger partial charge in [-0.2, -0.15) is 0 Å². The van der Waals surface area contributed by atoms with E-state index in [4.69, 9.17) is 14.2 Å². The summed E-state index contributed by atoms with van der Waals surface area (Å²) in [4.78, 5) is 41.6. The number of nitrogens with one attached hydrogen (secondary N) is 1. The van der Waals surface area contributed by atoms with Gasteiger partial charge >= 0.3 is 11.9 Å². The van der Waals surface area contributed by atoms with Crippen LogP contribution in [0.25, 0.3) is 0 Å². The van der Waals surface area contributed by atoms with Crippen LogP contribution in [0.1, 0.15) is 95.2 Å². The summed E-state index contributed by atoms with van der Waals surface area (Å²) >= 11 is 0. The van der Waals surface area contributed by atoms with E-state index >= 15 is 0 Å². The van der Waals surface area contributed by atoms with E-state index in [1.807, 2.05) is 61.0 Å². The molecule has 9 nitrogen and oxygen atoms in total. The number of carbonyl (C=O) groups excluding carboxylic acids is 3. The van der Waals surface area contributed by atoms with Gasteiger partial charge in [0.25, 0.3) is 0 Å². The van der Waals surface area contributed by atoms with Crippen molar-refractivity contribution in [3.8, 4) is 0 Å². The van der Waals surface area contributed by atoms with Crippen LogP contribution in [-0.2, 0) is 42.1 Å². The molecule has 1 aromatic carbocycles. The molecule has 2 aromatic rings. The number of nitrogens with zero attached hydrogens (tertiary/aromatic N) is 2. The van der Waals surface area contributed by atoms with Gasteiger partial charge in [-0.05, 0) is 50.1 Å². The number of unbranched alkanes of at least 4 members (excludes halogenated alkanes) is 4. The lowest BCUT2D eigenvalue weighted by Gasteiger charge is -2.24. The fraction of sp³-hybridized carbons (Fsp3) is 0.556. The van der Waals surface area contributed by atoms with E-state index in [1.54, 1.807) is 20.2 Å². The lowest BCUT2D eigenvalue weighted by Crippen LogP contribution is -2.36. The summed E-state index contributed by atoms with van der Waals surface area (Å²) in [5.41, 5.74) is 2.66. The van der Waals surface area contributed by atoms with Crippen LogP contribution in [-0.4, -0.2) is 54.0 Å². The van der Waals surface area contributed by atoms with Crippen LogP contribution in [0.5, 0.6) is 0 Å². The van der Waals surface area contributed by atoms with Gasteiger partial charge in [-0.25, -0.2) is 0 Å². The van der Waals surface area contributed by atoms with Gasteiger partial charge in [0.05, 0.1) is 12.1 Å². The van der Waals surface area contributed by atoms with E-state index in [-0.39, 0.29) is 48.7 Å². The number of rotatable bonds is 18. The Kier molecular flexibility index (Phi) is 14.5. The molecule has 1 fully saturated rings. The monoisotopic (exact) mass is 621 g/mol. The van der Waals surface area contributed by atoms with Crippen molar-refractivity contribution in [1.82, 2.24) is 9.88 Å². The number of hydrogen-bond acceptors (Lipinski definition) is 7. The Bertz CT molecular complexity index is 1290. The molecule has 0 saturated carbocycles. The third-order valence-electron chi connectivity index (χ3n) is 8.71. The van der Waals surface area contributed by atoms with Crippen molar-refractivity contribution in [2.24, 2.45) is 23.9 Å². The first kappa shape index (κ1) is 35.8. The van der Waals surface area contributed by atoms with Crippen LogP contribution in [0, 0.1) is 11.8 Å². The highest BCUT2D eigenvalue weighted by Crippen LogP contribution is 2.42. The molecular weight excluding hydrogens is 570 g/mol. The first-order valence-electron chi connectivity index (χ1n) is 16.2. The van der Waals surface area contributed by atoms with Crippen molar-refractivity contribution in [3.05, 3.63) is 72.2 Å². The van der Waals surface area contributed by atoms with Crippen molar-refractivity contribution in [3.63, 3.8) is 0 Å². The minimum absolute atomic E-state index is 0.00767. The van der Waals surface area contributed by atoms with E-state index in [9.17, 15) is 14.4 Å². The normalized spacial score (nSPS) is 20.4. The van der Waals surface area contributed by atoms with Crippen molar-refractivity contribution >= 4 is 23.6 Å². The van der Waals surface area contributed by atoms with E-state index < -0.39 is 12.2 Å². The van der Waals surface area contributed by atoms with Crippen LogP contribution in [0.4, 0.5) is 0 Å². The number of hydrogen-bond donors (Lipinski definition) is 1. The average Bonchev–Trinajstić information content (AvgIpc) is 3.57. The molecule has 1 aromatic heterocycles. The summed E-state index contributed by atoms with van der Waals surface area (Å²) in [6, 6.07) is 13.4. The highest BCUT2D eigenvalue weighted by Gasteiger charge is 2.48. The highest BCUT2D eigenvalue weighted by atomic mass is 16.6. The molecule has 0 radical (unpaired) electrons. The molecular formula is C36H51N3O6. The van der Waals surface area contributed by atoms with Gasteiger partial charge in [0.15, 0.2) is 0 Å². The SMILES string of the molecule is C=CNC(=NC)c1ccc(C2OC(COC(=O)Cc3ccccc3)C(OC(=O)CCCCCCCC(C)C(C)=O)C2CC)n1C. The summed E-state index contributed by atoms with van der Waals surface area (Å²) in [5, 5.41) is 3.07. The van der Waals surface area contributed by atoms with Gasteiger partial charge in [-0.1, -0.05) is 76.4 Å². The lowest BCUT2D eigenvalue weighted by molar-refractivity contribution is -0.158. The van der Waals surface area contributed by atoms with Crippen LogP contribution >= 0.6 is 0 Å². The quantitative estimate of drug-likeness (QED) is 0.0907. The van der Waals surface area contributed by atoms with Crippen molar-refractivity contribution in [1.29, 1.82) is 0 Å². The maximum atomic E-state index is 13.1. The van der Waals surface area contributed by atoms with Crippen molar-refractivity contribution < 1.29 is 28.6 Å². The van der Waals surface area contributed by atoms with Crippen LogP contribution in [0.2, 0.25) is 0 Å². The number of aliphatic imine (C=N–C) groups is 1. The van der Waals surface area contributed by atoms with Gasteiger partial charge < -0.3 is 24.1 Å². The number of esters is 2. The Labute approximate surface area is 268 Å². The van der Waals surface area contributed by atoms with Gasteiger partial charge in [0.2, 0.25) is 0 Å². The molecule has 2 heterocycles. The molecule has 9 heteroatoms. The first-order valence-corrected chi connectivity index (χ1v) is 16.2. The van der Waals surface area contributed by atoms with Gasteiger partial charge in [0.1, 0.15) is 36.5 Å². The zero-order valence-electron chi connectivity index (χ0n) is 27.6. The van der Waals surface area contributed by atoms with E-state index in [0.29, 0.717) is 18.7 Å². The third-order valence-corrected chi connectivity index (χ3v) is 8.71. The molecule has 1 aliphatic rings. The number of amidine groups is 1. The fourth-order valence-electron chi connectivity index (χ4n) is 5.90. The minimum atomic E-state index is -0.601. The molecule has 45 heavy (non-hydrogen) atoms. The molecule has 0 aliphatic carbocycles. The summed E-state index contributed by atoms with van der Waals surface area (Å²) in [5.74, 6) is 0.268. The second-order valence-corrected chi connectivity index (χ2v) is 11.9. The number of ether oxygens (including phenoxy) is 3. The number of ketones is 1. The number of carbonyl (C=O) groups is 3. The van der Waals surface area contributed by atoms with Gasteiger partial charge in [-0.15, -0.1) is 0 Å². The molecule has 0 bridgehead atoms. The van der Waals surface area contributed by atoms with Crippen LogP contribution in [0.3, 0.4) is 0 Å². The second-order valence-electron chi connectivity index (χ2n) is 11.9. The van der Waals surface area contributed by atoms with Crippen LogP contribution in [0.15, 0.2) is 60.2 Å². The summed E-state index contributed by atoms with van der Waals surface area (Å²) in [6.07, 6.45) is 6.89. The van der Waals surface area contributed by atoms with Gasteiger partial charge in [0, 0.05) is 38.0 Å². The fourth-order valence-corrected chi connectivity index (χ4v) is 5.90. The molecule has 5 atom stereocenters. The number of benzene rings is 1. The Morgan fingerprint density at radius 2 is 1.78 bits per heavy atom. The van der Waals surface area contributed by atoms with E-state index in [1.165, 1.54) is 0 Å². The molecule has 1 aliphatic heterocycles. The Morgan fingerprint density at radius 1 is 1.07 bits per heavy atom. The maximum absolute atomic E-state index is 13.1. The van der Waals surface area contributed by atoms with E-state index in [0.717, 1.165) is 55.5 Å². The zero-order valence-corrected chi connectivity index (χ0v) is 27.6. The Hall–Kier alpha value is -3.72. The summed E-state index contributed by atoms with van der Waals surface area (Å²) < 4.78 is 20.4. The third kappa shape index (κ3) is 10.4. The molecule has 1 saturated heterocycles. The predicted molar refractivity (Wildman–Crippen MR) is 176 cm³/mol. The molecule has 5 unspecified atom stereocenters. The smallest absolute Gasteiger partial charge is 0.310 e. The molecule has 1 N–H and O–H groups in total. The first-order chi connectivity index (χ1) is 21.7. The second kappa shape index (κ2) is 18.3. The maximum Gasteiger partial charge on any atom is 0.310 e. The molecule has 0 amide bonds. The lowest BCUT2D eigenvalue weighted by atomic mass is 9.91. The largest absolute Gasteiger partial charge is 0.463 e. The molecule has 0 spiro atoms. The Balaban J connectivity index is 1.67. The van der Waals surface area contributed by atoms with Crippen LogP contribution < -0.4 is 5.32 Å². The Morgan fingerprint density at radius 3 is 2.44 bits per heavy atom. The topological polar surface area (TPSA) is 108 Å².